The number of benzene rings is 2. The second-order valence-electron chi connectivity index (χ2n) is 13.4. The molecule has 1 N–H and O–H groups in total. The van der Waals surface area contributed by atoms with Crippen LogP contribution < -0.4 is 4.90 Å². The van der Waals surface area contributed by atoms with Crippen LogP contribution in [0, 0.1) is 18.8 Å². The van der Waals surface area contributed by atoms with Gasteiger partial charge in [0.25, 0.3) is 5.91 Å². The summed E-state index contributed by atoms with van der Waals surface area (Å²) in [6.45, 7) is 12.6. The molecule has 1 unspecified atom stereocenters. The highest BCUT2D eigenvalue weighted by Crippen LogP contribution is 2.61. The highest BCUT2D eigenvalue weighted by atomic mass is 79.9. The fraction of sp³-hybridized carbons (Fsp3) is 0.474. The number of rotatable bonds is 14. The largest absolute Gasteiger partial charge is 0.455 e. The third-order valence-corrected chi connectivity index (χ3v) is 11.5. The first-order chi connectivity index (χ1) is 23.8. The number of anilines is 1. The van der Waals surface area contributed by atoms with Gasteiger partial charge in [0.2, 0.25) is 11.8 Å². The Morgan fingerprint density at radius 1 is 1.16 bits per heavy atom. The number of hydrogen-bond acceptors (Lipinski definition) is 7. The molecular formula is C38H45BrClN3O7. The Balaban J connectivity index is 1.54. The van der Waals surface area contributed by atoms with Crippen LogP contribution in [0.15, 0.2) is 73.8 Å². The average Bonchev–Trinajstić information content (AvgIpc) is 3.71. The topological polar surface area (TPSA) is 117 Å². The zero-order chi connectivity index (χ0) is 36.5. The van der Waals surface area contributed by atoms with Crippen molar-refractivity contribution in [2.75, 3.05) is 25.1 Å². The van der Waals surface area contributed by atoms with Gasteiger partial charge in [0.1, 0.15) is 17.7 Å². The molecule has 2 bridgehead atoms. The molecule has 0 aliphatic carbocycles. The molecule has 3 aliphatic heterocycles. The van der Waals surface area contributed by atoms with Crippen molar-refractivity contribution in [3.05, 3.63) is 90.0 Å². The van der Waals surface area contributed by atoms with E-state index in [0.29, 0.717) is 22.7 Å². The molecule has 9 atom stereocenters. The number of aliphatic hydroxyl groups excluding tert-OH is 1. The van der Waals surface area contributed by atoms with Crippen molar-refractivity contribution in [1.29, 1.82) is 0 Å². The van der Waals surface area contributed by atoms with E-state index >= 15 is 0 Å². The van der Waals surface area contributed by atoms with Gasteiger partial charge in [-0.15, -0.1) is 13.2 Å². The molecule has 268 valence electrons. The van der Waals surface area contributed by atoms with E-state index in [0.717, 1.165) is 5.56 Å². The zero-order valence-corrected chi connectivity index (χ0v) is 31.2. The SMILES string of the molecule is C=CCCC(=O)N(C)[C@@H](C)[C@@H](OC(=O)[C@@H]1[C@H]2O[C@@]3(CC2Br)[C@H](C(=O)N(CC=C)c2c(C)cccc2Cl)N([C@H](C)CO)C(=O)[C@@H]13)c1ccccc1. The van der Waals surface area contributed by atoms with Gasteiger partial charge in [0, 0.05) is 24.8 Å². The summed E-state index contributed by atoms with van der Waals surface area (Å²) in [5, 5.41) is 10.7. The van der Waals surface area contributed by atoms with Gasteiger partial charge in [-0.2, -0.15) is 0 Å². The van der Waals surface area contributed by atoms with Gasteiger partial charge in [-0.25, -0.2) is 0 Å². The number of likely N-dealkylation sites (N-methyl/N-ethyl adjacent to an activating group) is 1. The van der Waals surface area contributed by atoms with Gasteiger partial charge in [0.15, 0.2) is 0 Å². The summed E-state index contributed by atoms with van der Waals surface area (Å²) in [4.78, 5) is 61.0. The van der Waals surface area contributed by atoms with Crippen LogP contribution in [0.25, 0.3) is 0 Å². The first-order valence-electron chi connectivity index (χ1n) is 16.9. The highest BCUT2D eigenvalue weighted by molar-refractivity contribution is 9.09. The van der Waals surface area contributed by atoms with Crippen molar-refractivity contribution in [2.45, 2.75) is 80.8 Å². The number of halogens is 2. The molecule has 10 nitrogen and oxygen atoms in total. The summed E-state index contributed by atoms with van der Waals surface area (Å²) >= 11 is 10.4. The lowest BCUT2D eigenvalue weighted by molar-refractivity contribution is -0.165. The number of aliphatic hydroxyl groups is 1. The molecular weight excluding hydrogens is 726 g/mol. The maximum absolute atomic E-state index is 14.9. The lowest BCUT2D eigenvalue weighted by Gasteiger charge is -2.39. The molecule has 0 radical (unpaired) electrons. The van der Waals surface area contributed by atoms with Crippen LogP contribution in [0.3, 0.4) is 0 Å². The molecule has 3 heterocycles. The molecule has 3 fully saturated rings. The van der Waals surface area contributed by atoms with Gasteiger partial charge < -0.3 is 29.3 Å². The quantitative estimate of drug-likeness (QED) is 0.156. The predicted molar refractivity (Wildman–Crippen MR) is 195 cm³/mol. The van der Waals surface area contributed by atoms with E-state index in [1.807, 2.05) is 50.2 Å². The van der Waals surface area contributed by atoms with Crippen LogP contribution in [0.5, 0.6) is 0 Å². The van der Waals surface area contributed by atoms with Crippen LogP contribution in [-0.2, 0) is 28.7 Å². The van der Waals surface area contributed by atoms with Crippen molar-refractivity contribution in [2.24, 2.45) is 11.8 Å². The lowest BCUT2D eigenvalue weighted by atomic mass is 9.70. The van der Waals surface area contributed by atoms with Crippen molar-refractivity contribution in [3.8, 4) is 0 Å². The maximum Gasteiger partial charge on any atom is 0.313 e. The van der Waals surface area contributed by atoms with E-state index in [9.17, 15) is 24.3 Å². The maximum atomic E-state index is 14.9. The molecule has 0 aromatic heterocycles. The van der Waals surface area contributed by atoms with Gasteiger partial charge in [-0.05, 0) is 50.8 Å². The number of hydrogen-bond donors (Lipinski definition) is 1. The number of carbonyl (C=O) groups excluding carboxylic acids is 4. The molecule has 2 aromatic rings. The second-order valence-corrected chi connectivity index (χ2v) is 15.0. The Morgan fingerprint density at radius 2 is 1.86 bits per heavy atom. The highest BCUT2D eigenvalue weighted by Gasteiger charge is 2.77. The van der Waals surface area contributed by atoms with E-state index in [1.54, 1.807) is 43.2 Å². The standard InChI is InChI=1S/C38H45BrClN3O7/c1-7-9-18-28(45)41(6)24(5)32(25-15-11-10-12-16-25)49-37(48)29-30-35(46)43(23(4)21-44)34(38(30)20-26(39)33(29)50-38)36(47)42(19-8-2)31-22(3)14-13-17-27(31)40/h7-8,10-17,23-24,26,29-30,32-34,44H,1-2,9,18-21H2,3-6H3/t23-,24+,26?,29+,30-,32-,33+,34+,38-/m1/s1. The fourth-order valence-corrected chi connectivity index (χ4v) is 9.10. The van der Waals surface area contributed by atoms with Crippen molar-refractivity contribution < 1.29 is 33.8 Å². The summed E-state index contributed by atoms with van der Waals surface area (Å²) in [5.41, 5.74) is 0.508. The predicted octanol–water partition coefficient (Wildman–Crippen LogP) is 5.39. The smallest absolute Gasteiger partial charge is 0.313 e. The molecule has 5 rings (SSSR count). The minimum atomic E-state index is -1.40. The summed E-state index contributed by atoms with van der Waals surface area (Å²) in [6.07, 6.45) is 2.66. The van der Waals surface area contributed by atoms with E-state index in [-0.39, 0.29) is 30.1 Å². The minimum absolute atomic E-state index is 0.0957. The normalized spacial score (nSPS) is 26.9. The molecule has 2 aromatic carbocycles. The average molecular weight is 771 g/mol. The number of esters is 1. The Kier molecular flexibility index (Phi) is 11.6. The van der Waals surface area contributed by atoms with Gasteiger partial charge in [-0.1, -0.05) is 82.1 Å². The number of carbonyl (C=O) groups is 4. The third kappa shape index (κ3) is 6.53. The minimum Gasteiger partial charge on any atom is -0.455 e. The number of fused-ring (bicyclic) bond motifs is 1. The molecule has 12 heteroatoms. The number of alkyl halides is 1. The number of likely N-dealkylation sites (tertiary alicyclic amines) is 1. The number of ether oxygens (including phenoxy) is 2. The first-order valence-corrected chi connectivity index (χ1v) is 18.2. The molecule has 0 saturated carbocycles. The van der Waals surface area contributed by atoms with E-state index in [4.69, 9.17) is 21.1 Å². The van der Waals surface area contributed by atoms with E-state index in [1.165, 1.54) is 9.80 Å². The third-order valence-electron chi connectivity index (χ3n) is 10.4. The Bertz CT molecular complexity index is 1620. The monoisotopic (exact) mass is 769 g/mol. The molecule has 1 spiro atoms. The summed E-state index contributed by atoms with van der Waals surface area (Å²) in [5.74, 6) is -3.85. The number of allylic oxidation sites excluding steroid dienone is 1. The molecule has 50 heavy (non-hydrogen) atoms. The molecule has 3 saturated heterocycles. The second kappa shape index (κ2) is 15.4. The van der Waals surface area contributed by atoms with Crippen molar-refractivity contribution in [3.63, 3.8) is 0 Å². The summed E-state index contributed by atoms with van der Waals surface area (Å²) < 4.78 is 13.0. The van der Waals surface area contributed by atoms with Crippen molar-refractivity contribution in [1.82, 2.24) is 9.80 Å². The summed E-state index contributed by atoms with van der Waals surface area (Å²) in [6, 6.07) is 12.0. The van der Waals surface area contributed by atoms with Gasteiger partial charge >= 0.3 is 5.97 Å². The van der Waals surface area contributed by atoms with E-state index in [2.05, 4.69) is 29.1 Å². The first kappa shape index (κ1) is 37.7. The van der Waals surface area contributed by atoms with E-state index < -0.39 is 72.2 Å². The Morgan fingerprint density at radius 3 is 2.48 bits per heavy atom. The van der Waals surface area contributed by atoms with Crippen LogP contribution in [0.4, 0.5) is 5.69 Å². The lowest BCUT2D eigenvalue weighted by Crippen LogP contribution is -2.59. The van der Waals surface area contributed by atoms with Crippen LogP contribution in [0.1, 0.15) is 50.3 Å². The van der Waals surface area contributed by atoms with Gasteiger partial charge in [-0.3, -0.25) is 19.2 Å². The van der Waals surface area contributed by atoms with Crippen molar-refractivity contribution >= 4 is 56.9 Å². The number of nitrogens with zero attached hydrogens (tertiary/aromatic N) is 3. The Hall–Kier alpha value is -3.51. The zero-order valence-electron chi connectivity index (χ0n) is 28.8. The summed E-state index contributed by atoms with van der Waals surface area (Å²) in [7, 11) is 1.67. The number of aryl methyl sites for hydroxylation is 1. The van der Waals surface area contributed by atoms with Gasteiger partial charge in [0.05, 0.1) is 47.3 Å². The van der Waals surface area contributed by atoms with Crippen LogP contribution in [-0.4, -0.2) is 93.5 Å². The Labute approximate surface area is 307 Å². The fourth-order valence-electron chi connectivity index (χ4n) is 7.83. The van der Waals surface area contributed by atoms with Crippen LogP contribution in [0.2, 0.25) is 5.02 Å². The van der Waals surface area contributed by atoms with Crippen LogP contribution >= 0.6 is 27.5 Å². The molecule has 3 amide bonds. The number of para-hydroxylation sites is 1. The number of amides is 3. The molecule has 3 aliphatic rings.